The van der Waals surface area contributed by atoms with E-state index in [2.05, 4.69) is 20.9 Å². The van der Waals surface area contributed by atoms with Crippen LogP contribution in [0.4, 0.5) is 8.78 Å². The number of rotatable bonds is 5. The number of hydrogen-bond acceptors (Lipinski definition) is 3. The highest BCUT2D eigenvalue weighted by molar-refractivity contribution is 9.08. The summed E-state index contributed by atoms with van der Waals surface area (Å²) in [6.07, 6.45) is -2.85. The van der Waals surface area contributed by atoms with E-state index in [1.807, 2.05) is 0 Å². The van der Waals surface area contributed by atoms with Crippen LogP contribution in [0, 0.1) is 0 Å². The van der Waals surface area contributed by atoms with Crippen molar-refractivity contribution in [1.29, 1.82) is 0 Å². The molecule has 0 spiro atoms. The number of carbonyl (C=O) groups excluding carboxylic acids is 1. The molecule has 0 saturated carbocycles. The minimum absolute atomic E-state index is 0.144. The van der Waals surface area contributed by atoms with Crippen molar-refractivity contribution in [2.75, 3.05) is 6.61 Å². The standard InChI is InChI=1S/C11H11BrClF2NO2/c1-2-18-9(17)4-6-3-7(11(14)15)16-8(5-12)10(6)13/h3,11H,2,4-5H2,1H3. The number of esters is 1. The van der Waals surface area contributed by atoms with Gasteiger partial charge in [-0.05, 0) is 18.6 Å². The van der Waals surface area contributed by atoms with Crippen molar-refractivity contribution in [3.63, 3.8) is 0 Å². The Kier molecular flexibility index (Phi) is 5.95. The highest BCUT2D eigenvalue weighted by atomic mass is 79.9. The quantitative estimate of drug-likeness (QED) is 0.605. The lowest BCUT2D eigenvalue weighted by Crippen LogP contribution is -2.10. The summed E-state index contributed by atoms with van der Waals surface area (Å²) < 4.78 is 30.0. The zero-order valence-corrected chi connectivity index (χ0v) is 11.9. The SMILES string of the molecule is CCOC(=O)Cc1cc(C(F)F)nc(CBr)c1Cl. The second-order valence-corrected chi connectivity index (χ2v) is 4.32. The molecule has 3 nitrogen and oxygen atoms in total. The van der Waals surface area contributed by atoms with E-state index in [0.717, 1.165) is 6.07 Å². The van der Waals surface area contributed by atoms with Crippen molar-refractivity contribution in [3.05, 3.63) is 28.0 Å². The first-order valence-electron chi connectivity index (χ1n) is 5.17. The topological polar surface area (TPSA) is 39.2 Å². The molecule has 0 bridgehead atoms. The normalized spacial score (nSPS) is 10.8. The van der Waals surface area contributed by atoms with Gasteiger partial charge in [0.15, 0.2) is 0 Å². The van der Waals surface area contributed by atoms with Crippen LogP contribution < -0.4 is 0 Å². The Labute approximate surface area is 117 Å². The number of aromatic nitrogens is 1. The van der Waals surface area contributed by atoms with Crippen LogP contribution in [-0.4, -0.2) is 17.6 Å². The molecule has 0 saturated heterocycles. The fourth-order valence-corrected chi connectivity index (χ4v) is 2.16. The number of alkyl halides is 3. The highest BCUT2D eigenvalue weighted by Crippen LogP contribution is 2.27. The first-order valence-corrected chi connectivity index (χ1v) is 6.67. The zero-order chi connectivity index (χ0) is 13.7. The molecule has 100 valence electrons. The Bertz CT molecular complexity index is 443. The van der Waals surface area contributed by atoms with Crippen molar-refractivity contribution >= 4 is 33.5 Å². The Hall–Kier alpha value is -0.750. The summed E-state index contributed by atoms with van der Waals surface area (Å²) in [5.41, 5.74) is 0.191. The van der Waals surface area contributed by atoms with Crippen molar-refractivity contribution in [2.45, 2.75) is 25.1 Å². The molecule has 1 aromatic rings. The van der Waals surface area contributed by atoms with Crippen LogP contribution in [0.25, 0.3) is 0 Å². The van der Waals surface area contributed by atoms with Crippen LogP contribution in [0.3, 0.4) is 0 Å². The molecule has 0 N–H and O–H groups in total. The predicted octanol–water partition coefficient (Wildman–Crippen LogP) is 3.67. The lowest BCUT2D eigenvalue weighted by Gasteiger charge is -2.10. The Morgan fingerprint density at radius 1 is 1.61 bits per heavy atom. The van der Waals surface area contributed by atoms with Gasteiger partial charge in [-0.1, -0.05) is 27.5 Å². The van der Waals surface area contributed by atoms with Crippen LogP contribution in [0.1, 0.15) is 30.3 Å². The maximum absolute atomic E-state index is 12.6. The van der Waals surface area contributed by atoms with Gasteiger partial charge >= 0.3 is 5.97 Å². The van der Waals surface area contributed by atoms with Crippen LogP contribution >= 0.6 is 27.5 Å². The largest absolute Gasteiger partial charge is 0.466 e. The van der Waals surface area contributed by atoms with E-state index in [4.69, 9.17) is 16.3 Å². The summed E-state index contributed by atoms with van der Waals surface area (Å²) in [6.45, 7) is 1.90. The number of pyridine rings is 1. The van der Waals surface area contributed by atoms with E-state index in [1.54, 1.807) is 6.92 Å². The Balaban J connectivity index is 3.08. The second-order valence-electron chi connectivity index (χ2n) is 3.38. The first-order chi connectivity index (χ1) is 8.49. The van der Waals surface area contributed by atoms with E-state index in [0.29, 0.717) is 5.56 Å². The average Bonchev–Trinajstić information content (AvgIpc) is 2.31. The number of halogens is 4. The first kappa shape index (κ1) is 15.3. The molecule has 0 aliphatic heterocycles. The molecule has 0 aliphatic rings. The molecule has 0 amide bonds. The Morgan fingerprint density at radius 3 is 2.78 bits per heavy atom. The maximum atomic E-state index is 12.6. The fraction of sp³-hybridized carbons (Fsp3) is 0.455. The third-order valence-corrected chi connectivity index (χ3v) is 3.10. The summed E-state index contributed by atoms with van der Waals surface area (Å²) in [4.78, 5) is 15.1. The lowest BCUT2D eigenvalue weighted by molar-refractivity contribution is -0.142. The van der Waals surface area contributed by atoms with Gasteiger partial charge in [-0.3, -0.25) is 4.79 Å². The number of ether oxygens (including phenoxy) is 1. The summed E-state index contributed by atoms with van der Waals surface area (Å²) in [5.74, 6) is -0.508. The van der Waals surface area contributed by atoms with Gasteiger partial charge < -0.3 is 4.74 Å². The van der Waals surface area contributed by atoms with Gasteiger partial charge in [0.2, 0.25) is 0 Å². The summed E-state index contributed by atoms with van der Waals surface area (Å²) in [5, 5.41) is 0.451. The molecule has 0 atom stereocenters. The lowest BCUT2D eigenvalue weighted by atomic mass is 10.1. The Morgan fingerprint density at radius 2 is 2.28 bits per heavy atom. The van der Waals surface area contributed by atoms with Gasteiger partial charge in [0.25, 0.3) is 6.43 Å². The predicted molar refractivity (Wildman–Crippen MR) is 67.2 cm³/mol. The molecular weight excluding hydrogens is 331 g/mol. The fourth-order valence-electron chi connectivity index (χ4n) is 1.36. The van der Waals surface area contributed by atoms with E-state index >= 15 is 0 Å². The molecule has 0 radical (unpaired) electrons. The van der Waals surface area contributed by atoms with Gasteiger partial charge in [0.05, 0.1) is 23.7 Å². The minimum atomic E-state index is -2.71. The number of nitrogens with zero attached hydrogens (tertiary/aromatic N) is 1. The molecular formula is C11H11BrClF2NO2. The van der Waals surface area contributed by atoms with Crippen molar-refractivity contribution in [1.82, 2.24) is 4.98 Å². The van der Waals surface area contributed by atoms with Crippen molar-refractivity contribution in [2.24, 2.45) is 0 Å². The molecule has 1 aromatic heterocycles. The van der Waals surface area contributed by atoms with E-state index < -0.39 is 18.1 Å². The smallest absolute Gasteiger partial charge is 0.310 e. The van der Waals surface area contributed by atoms with Crippen LogP contribution in [0.5, 0.6) is 0 Å². The van der Waals surface area contributed by atoms with Gasteiger partial charge in [0, 0.05) is 5.33 Å². The second kappa shape index (κ2) is 6.99. The molecule has 0 aliphatic carbocycles. The van der Waals surface area contributed by atoms with Crippen LogP contribution in [-0.2, 0) is 21.3 Å². The highest BCUT2D eigenvalue weighted by Gasteiger charge is 2.18. The monoisotopic (exact) mass is 341 g/mol. The van der Waals surface area contributed by atoms with Crippen molar-refractivity contribution in [3.8, 4) is 0 Å². The van der Waals surface area contributed by atoms with E-state index in [-0.39, 0.29) is 29.1 Å². The van der Waals surface area contributed by atoms with Gasteiger partial charge in [-0.2, -0.15) is 0 Å². The zero-order valence-electron chi connectivity index (χ0n) is 9.55. The van der Waals surface area contributed by atoms with Gasteiger partial charge in [-0.25, -0.2) is 13.8 Å². The molecule has 0 fully saturated rings. The van der Waals surface area contributed by atoms with Crippen molar-refractivity contribution < 1.29 is 18.3 Å². The molecule has 7 heteroatoms. The third-order valence-electron chi connectivity index (χ3n) is 2.11. The molecule has 1 rings (SSSR count). The third kappa shape index (κ3) is 3.88. The molecule has 0 unspecified atom stereocenters. The van der Waals surface area contributed by atoms with Gasteiger partial charge in [-0.15, -0.1) is 0 Å². The van der Waals surface area contributed by atoms with E-state index in [9.17, 15) is 13.6 Å². The van der Waals surface area contributed by atoms with Crippen LogP contribution in [0.15, 0.2) is 6.07 Å². The molecule has 1 heterocycles. The number of carbonyl (C=O) groups is 1. The van der Waals surface area contributed by atoms with Gasteiger partial charge in [0.1, 0.15) is 5.69 Å². The summed E-state index contributed by atoms with van der Waals surface area (Å²) >= 11 is 9.10. The average molecular weight is 343 g/mol. The maximum Gasteiger partial charge on any atom is 0.310 e. The molecule has 0 aromatic carbocycles. The summed E-state index contributed by atoms with van der Waals surface area (Å²) in [6, 6.07) is 1.14. The van der Waals surface area contributed by atoms with E-state index in [1.165, 1.54) is 0 Å². The van der Waals surface area contributed by atoms with Crippen LogP contribution in [0.2, 0.25) is 5.02 Å². The molecule has 18 heavy (non-hydrogen) atoms. The minimum Gasteiger partial charge on any atom is -0.466 e. The number of hydrogen-bond donors (Lipinski definition) is 0. The summed E-state index contributed by atoms with van der Waals surface area (Å²) in [7, 11) is 0.